The van der Waals surface area contributed by atoms with E-state index in [0.29, 0.717) is 18.2 Å². The summed E-state index contributed by atoms with van der Waals surface area (Å²) in [7, 11) is -1.55. The second-order valence-electron chi connectivity index (χ2n) is 7.29. The largest absolute Gasteiger partial charge is 0.373 e. The molecule has 7 heteroatoms. The van der Waals surface area contributed by atoms with Crippen molar-refractivity contribution >= 4 is 15.7 Å². The van der Waals surface area contributed by atoms with Crippen LogP contribution in [0.25, 0.3) is 0 Å². The quantitative estimate of drug-likeness (QED) is 0.878. The molecule has 0 saturated carbocycles. The molecule has 0 amide bonds. The minimum atomic E-state index is -3.64. The van der Waals surface area contributed by atoms with Crippen LogP contribution >= 0.6 is 0 Å². The van der Waals surface area contributed by atoms with Crippen LogP contribution in [0.5, 0.6) is 0 Å². The van der Waals surface area contributed by atoms with Crippen LogP contribution in [0.15, 0.2) is 53.4 Å². The van der Waals surface area contributed by atoms with Gasteiger partial charge in [0.15, 0.2) is 0 Å². The van der Waals surface area contributed by atoms with Gasteiger partial charge in [0.05, 0.1) is 16.5 Å². The minimum Gasteiger partial charge on any atom is -0.373 e. The van der Waals surface area contributed by atoms with Gasteiger partial charge in [-0.2, -0.15) is 5.26 Å². The van der Waals surface area contributed by atoms with E-state index in [0.717, 1.165) is 19.5 Å². The summed E-state index contributed by atoms with van der Waals surface area (Å²) < 4.78 is 28.3. The number of fused-ring (bicyclic) bond motifs is 2. The van der Waals surface area contributed by atoms with Gasteiger partial charge in [0, 0.05) is 44.5 Å². The Bertz CT molecular complexity index is 999. The normalized spacial score (nSPS) is 22.6. The van der Waals surface area contributed by atoms with E-state index in [1.54, 1.807) is 12.1 Å². The van der Waals surface area contributed by atoms with Gasteiger partial charge in [0.2, 0.25) is 10.0 Å². The summed E-state index contributed by atoms with van der Waals surface area (Å²) in [4.78, 5) is 4.76. The molecular weight excluding hydrogens is 360 g/mol. The van der Waals surface area contributed by atoms with Crippen molar-refractivity contribution in [2.45, 2.75) is 29.9 Å². The molecule has 0 unspecified atom stereocenters. The third-order valence-electron chi connectivity index (χ3n) is 5.38. The van der Waals surface area contributed by atoms with Gasteiger partial charge >= 0.3 is 0 Å². The van der Waals surface area contributed by atoms with Crippen LogP contribution in [0.3, 0.4) is 0 Å². The first-order chi connectivity index (χ1) is 13.0. The third kappa shape index (κ3) is 3.56. The number of hydrogen-bond acceptors (Lipinski definition) is 5. The van der Waals surface area contributed by atoms with Crippen molar-refractivity contribution in [3.05, 3.63) is 59.7 Å². The van der Waals surface area contributed by atoms with E-state index >= 15 is 0 Å². The summed E-state index contributed by atoms with van der Waals surface area (Å²) >= 11 is 0. The zero-order chi connectivity index (χ0) is 19.0. The Hall–Kier alpha value is -2.40. The van der Waals surface area contributed by atoms with Crippen molar-refractivity contribution in [3.63, 3.8) is 0 Å². The fraction of sp³-hybridized carbons (Fsp3) is 0.350. The number of benzene rings is 2. The molecule has 0 radical (unpaired) electrons. The molecule has 6 nitrogen and oxygen atoms in total. The van der Waals surface area contributed by atoms with E-state index in [1.165, 1.54) is 23.4 Å². The summed E-state index contributed by atoms with van der Waals surface area (Å²) in [6.45, 7) is 2.39. The van der Waals surface area contributed by atoms with Crippen molar-refractivity contribution in [2.75, 3.05) is 25.0 Å². The molecule has 27 heavy (non-hydrogen) atoms. The summed E-state index contributed by atoms with van der Waals surface area (Å²) in [6, 6.07) is 16.7. The van der Waals surface area contributed by atoms with E-state index in [2.05, 4.69) is 39.8 Å². The molecule has 2 aromatic carbocycles. The Morgan fingerprint density at radius 2 is 1.96 bits per heavy atom. The molecule has 0 spiro atoms. The highest BCUT2D eigenvalue weighted by Crippen LogP contribution is 2.31. The van der Waals surface area contributed by atoms with Crippen LogP contribution in [0.1, 0.15) is 17.5 Å². The van der Waals surface area contributed by atoms with Crippen LogP contribution < -0.4 is 9.62 Å². The highest BCUT2D eigenvalue weighted by atomic mass is 32.2. The average molecular weight is 382 g/mol. The number of para-hydroxylation sites is 1. The van der Waals surface area contributed by atoms with Crippen LogP contribution in [0.4, 0.5) is 5.69 Å². The van der Waals surface area contributed by atoms with Crippen molar-refractivity contribution < 1.29 is 8.42 Å². The molecule has 2 heterocycles. The highest BCUT2D eigenvalue weighted by Gasteiger charge is 2.37. The second-order valence-corrected chi connectivity index (χ2v) is 9.00. The fourth-order valence-electron chi connectivity index (χ4n) is 4.12. The van der Waals surface area contributed by atoms with Crippen LogP contribution in [0, 0.1) is 11.3 Å². The van der Waals surface area contributed by atoms with Crippen molar-refractivity contribution in [2.24, 2.45) is 0 Å². The topological polar surface area (TPSA) is 76.4 Å². The van der Waals surface area contributed by atoms with E-state index in [-0.39, 0.29) is 10.9 Å². The number of nitriles is 1. The lowest BCUT2D eigenvalue weighted by Crippen LogP contribution is -2.37. The molecule has 2 aliphatic heterocycles. The van der Waals surface area contributed by atoms with Crippen molar-refractivity contribution in [1.82, 2.24) is 9.62 Å². The minimum absolute atomic E-state index is 0.135. The number of nitrogens with zero attached hydrogens (tertiary/aromatic N) is 3. The number of sulfonamides is 1. The molecule has 0 aliphatic carbocycles. The Kier molecular flexibility index (Phi) is 4.64. The number of hydrogen-bond donors (Lipinski definition) is 1. The molecule has 2 aliphatic rings. The number of rotatable bonds is 3. The number of nitrogens with one attached hydrogen (secondary N) is 1. The first kappa shape index (κ1) is 18.0. The van der Waals surface area contributed by atoms with Gasteiger partial charge in [-0.3, -0.25) is 4.90 Å². The zero-order valence-corrected chi connectivity index (χ0v) is 16.0. The molecule has 0 bridgehead atoms. The van der Waals surface area contributed by atoms with Gasteiger partial charge in [-0.15, -0.1) is 0 Å². The van der Waals surface area contributed by atoms with Gasteiger partial charge in [-0.05, 0) is 36.2 Å². The summed E-state index contributed by atoms with van der Waals surface area (Å²) in [5.41, 5.74) is 2.86. The third-order valence-corrected chi connectivity index (χ3v) is 6.90. The smallest absolute Gasteiger partial charge is 0.240 e. The molecular formula is C20H22N4O2S. The van der Waals surface area contributed by atoms with E-state index in [1.807, 2.05) is 12.1 Å². The molecule has 1 N–H and O–H groups in total. The van der Waals surface area contributed by atoms with Gasteiger partial charge in [-0.1, -0.05) is 24.3 Å². The maximum Gasteiger partial charge on any atom is 0.240 e. The molecule has 140 valence electrons. The standard InChI is InChI=1S/C20H22N4O2S/c1-23-14-18-10-17(13-24(18)12-16-6-2-3-8-20(16)23)22-27(25,26)19-7-4-5-15(9-19)11-21/h2-9,17-18,22H,10,12-14H2,1H3/t17-,18-/m0/s1. The summed E-state index contributed by atoms with van der Waals surface area (Å²) in [6.07, 6.45) is 0.773. The number of anilines is 1. The second kappa shape index (κ2) is 6.97. The van der Waals surface area contributed by atoms with Crippen molar-refractivity contribution in [1.29, 1.82) is 5.26 Å². The highest BCUT2D eigenvalue weighted by molar-refractivity contribution is 7.89. The maximum atomic E-state index is 12.7. The lowest BCUT2D eigenvalue weighted by molar-refractivity contribution is 0.254. The van der Waals surface area contributed by atoms with Gasteiger partial charge < -0.3 is 4.90 Å². The summed E-state index contributed by atoms with van der Waals surface area (Å²) in [5.74, 6) is 0. The van der Waals surface area contributed by atoms with Crippen molar-refractivity contribution in [3.8, 4) is 6.07 Å². The first-order valence-corrected chi connectivity index (χ1v) is 10.5. The molecule has 2 atom stereocenters. The Morgan fingerprint density at radius 3 is 2.78 bits per heavy atom. The average Bonchev–Trinajstić information content (AvgIpc) is 2.96. The first-order valence-electron chi connectivity index (χ1n) is 9.02. The molecule has 1 saturated heterocycles. The van der Waals surface area contributed by atoms with Crippen LogP contribution in [-0.2, 0) is 16.6 Å². The van der Waals surface area contributed by atoms with E-state index in [4.69, 9.17) is 5.26 Å². The zero-order valence-electron chi connectivity index (χ0n) is 15.2. The molecule has 0 aromatic heterocycles. The monoisotopic (exact) mass is 382 g/mol. The lowest BCUT2D eigenvalue weighted by Gasteiger charge is -2.24. The SMILES string of the molecule is CN1C[C@@H]2C[C@H](NS(=O)(=O)c3cccc(C#N)c3)CN2Cc2ccccc21. The molecule has 2 aromatic rings. The van der Waals surface area contributed by atoms with Gasteiger partial charge in [0.25, 0.3) is 0 Å². The summed E-state index contributed by atoms with van der Waals surface area (Å²) in [5, 5.41) is 9.01. The van der Waals surface area contributed by atoms with E-state index < -0.39 is 10.0 Å². The van der Waals surface area contributed by atoms with Gasteiger partial charge in [-0.25, -0.2) is 13.1 Å². The maximum absolute atomic E-state index is 12.7. The van der Waals surface area contributed by atoms with E-state index in [9.17, 15) is 8.42 Å². The Labute approximate surface area is 160 Å². The Balaban J connectivity index is 1.51. The predicted octanol–water partition coefficient (Wildman–Crippen LogP) is 1.93. The molecule has 1 fully saturated rings. The Morgan fingerprint density at radius 1 is 1.15 bits per heavy atom. The number of likely N-dealkylation sites (N-methyl/N-ethyl adjacent to an activating group) is 1. The predicted molar refractivity (Wildman–Crippen MR) is 104 cm³/mol. The van der Waals surface area contributed by atoms with Crippen LogP contribution in [-0.4, -0.2) is 45.5 Å². The van der Waals surface area contributed by atoms with Gasteiger partial charge in [0.1, 0.15) is 0 Å². The van der Waals surface area contributed by atoms with Crippen LogP contribution in [0.2, 0.25) is 0 Å². The lowest BCUT2D eigenvalue weighted by atomic mass is 10.1. The fourth-order valence-corrected chi connectivity index (χ4v) is 5.41. The molecule has 4 rings (SSSR count).